The minimum absolute atomic E-state index is 0.163. The van der Waals surface area contributed by atoms with Gasteiger partial charge >= 0.3 is 0 Å². The highest BCUT2D eigenvalue weighted by Gasteiger charge is 2.22. The number of benzene rings is 1. The van der Waals surface area contributed by atoms with E-state index in [0.29, 0.717) is 12.0 Å². The Balaban J connectivity index is 2.15. The van der Waals surface area contributed by atoms with Crippen LogP contribution in [0.4, 0.5) is 5.69 Å². The molecule has 4 heteroatoms. The lowest BCUT2D eigenvalue weighted by Gasteiger charge is -2.32. The number of amidine groups is 1. The Hall–Kier alpha value is -1.71. The van der Waals surface area contributed by atoms with E-state index in [-0.39, 0.29) is 5.84 Å². The summed E-state index contributed by atoms with van der Waals surface area (Å²) in [6, 6.07) is 8.71. The van der Waals surface area contributed by atoms with Gasteiger partial charge in [0.15, 0.2) is 5.84 Å². The molecule has 1 aliphatic carbocycles. The van der Waals surface area contributed by atoms with Crippen molar-refractivity contribution in [2.75, 3.05) is 11.4 Å². The fraction of sp³-hybridized carbons (Fsp3) is 0.588. The molecule has 0 bridgehead atoms. The number of rotatable bonds is 6. The molecule has 116 valence electrons. The van der Waals surface area contributed by atoms with E-state index in [1.807, 2.05) is 12.1 Å². The predicted molar refractivity (Wildman–Crippen MR) is 88.0 cm³/mol. The van der Waals surface area contributed by atoms with Crippen molar-refractivity contribution < 1.29 is 5.21 Å². The first-order chi connectivity index (χ1) is 10.1. The van der Waals surface area contributed by atoms with Crippen molar-refractivity contribution in [3.8, 4) is 0 Å². The normalized spacial score (nSPS) is 16.6. The first kappa shape index (κ1) is 15.7. The Morgan fingerprint density at radius 3 is 2.43 bits per heavy atom. The van der Waals surface area contributed by atoms with Gasteiger partial charge in [-0.05, 0) is 49.4 Å². The number of nitrogens with zero attached hydrogens (tertiary/aromatic N) is 2. The molecular weight excluding hydrogens is 262 g/mol. The minimum Gasteiger partial charge on any atom is -0.409 e. The van der Waals surface area contributed by atoms with E-state index in [9.17, 15) is 0 Å². The summed E-state index contributed by atoms with van der Waals surface area (Å²) in [7, 11) is 0. The Kier molecular flexibility index (Phi) is 5.48. The first-order valence-corrected chi connectivity index (χ1v) is 7.96. The molecule has 3 N–H and O–H groups in total. The van der Waals surface area contributed by atoms with Gasteiger partial charge in [0.05, 0.1) is 0 Å². The smallest absolute Gasteiger partial charge is 0.170 e. The second kappa shape index (κ2) is 7.34. The third-order valence-electron chi connectivity index (χ3n) is 4.32. The number of hydrogen-bond donors (Lipinski definition) is 2. The van der Waals surface area contributed by atoms with E-state index in [1.165, 1.54) is 37.8 Å². The number of nitrogens with two attached hydrogens (primary N) is 1. The molecule has 0 aliphatic heterocycles. The third kappa shape index (κ3) is 4.13. The van der Waals surface area contributed by atoms with Gasteiger partial charge in [-0.2, -0.15) is 0 Å². The molecule has 1 aliphatic rings. The summed E-state index contributed by atoms with van der Waals surface area (Å²) in [5.74, 6) is 0.876. The Labute approximate surface area is 127 Å². The van der Waals surface area contributed by atoms with Gasteiger partial charge in [0.1, 0.15) is 0 Å². The lowest BCUT2D eigenvalue weighted by Crippen LogP contribution is -2.34. The average molecular weight is 289 g/mol. The van der Waals surface area contributed by atoms with Gasteiger partial charge in [-0.15, -0.1) is 0 Å². The van der Waals surface area contributed by atoms with Crippen molar-refractivity contribution in [1.82, 2.24) is 0 Å². The molecule has 0 spiro atoms. The molecule has 0 heterocycles. The summed E-state index contributed by atoms with van der Waals surface area (Å²) in [6.07, 6.45) is 6.47. The summed E-state index contributed by atoms with van der Waals surface area (Å²) in [5.41, 5.74) is 7.64. The Morgan fingerprint density at radius 2 is 1.90 bits per heavy atom. The molecule has 1 saturated carbocycles. The molecule has 1 aromatic carbocycles. The van der Waals surface area contributed by atoms with Crippen LogP contribution in [0.15, 0.2) is 29.4 Å². The predicted octanol–water partition coefficient (Wildman–Crippen LogP) is 3.58. The summed E-state index contributed by atoms with van der Waals surface area (Å²) in [6.45, 7) is 5.65. The number of hydrogen-bond acceptors (Lipinski definition) is 3. The van der Waals surface area contributed by atoms with Crippen molar-refractivity contribution in [2.24, 2.45) is 16.8 Å². The maximum Gasteiger partial charge on any atom is 0.170 e. The van der Waals surface area contributed by atoms with Crippen LogP contribution in [-0.4, -0.2) is 23.6 Å². The molecular formula is C17H27N3O. The van der Waals surface area contributed by atoms with Crippen molar-refractivity contribution in [2.45, 2.75) is 52.0 Å². The minimum atomic E-state index is 0.163. The van der Waals surface area contributed by atoms with Crippen LogP contribution in [0.5, 0.6) is 0 Å². The SMILES string of the molecule is CC(C)CCN(c1ccc(/C(N)=N/O)cc1)C1CCCC1. The van der Waals surface area contributed by atoms with E-state index >= 15 is 0 Å². The molecule has 1 aromatic rings. The number of anilines is 1. The maximum absolute atomic E-state index is 8.74. The van der Waals surface area contributed by atoms with Gasteiger partial charge in [-0.1, -0.05) is 31.8 Å². The van der Waals surface area contributed by atoms with Crippen molar-refractivity contribution >= 4 is 11.5 Å². The molecule has 4 nitrogen and oxygen atoms in total. The van der Waals surface area contributed by atoms with Gasteiger partial charge in [0.25, 0.3) is 0 Å². The Morgan fingerprint density at radius 1 is 1.29 bits per heavy atom. The summed E-state index contributed by atoms with van der Waals surface area (Å²) >= 11 is 0. The Bertz CT molecular complexity index is 461. The molecule has 0 amide bonds. The van der Waals surface area contributed by atoms with Gasteiger partial charge in [0, 0.05) is 23.8 Å². The van der Waals surface area contributed by atoms with Crippen LogP contribution in [0.3, 0.4) is 0 Å². The topological polar surface area (TPSA) is 61.8 Å². The lowest BCUT2D eigenvalue weighted by molar-refractivity contribution is 0.318. The fourth-order valence-corrected chi connectivity index (χ4v) is 3.02. The van der Waals surface area contributed by atoms with Crippen LogP contribution >= 0.6 is 0 Å². The zero-order chi connectivity index (χ0) is 15.2. The van der Waals surface area contributed by atoms with Gasteiger partial charge in [-0.3, -0.25) is 0 Å². The van der Waals surface area contributed by atoms with Gasteiger partial charge < -0.3 is 15.8 Å². The van der Waals surface area contributed by atoms with Crippen molar-refractivity contribution in [3.63, 3.8) is 0 Å². The molecule has 21 heavy (non-hydrogen) atoms. The van der Waals surface area contributed by atoms with Crippen LogP contribution in [0, 0.1) is 5.92 Å². The van der Waals surface area contributed by atoms with E-state index < -0.39 is 0 Å². The van der Waals surface area contributed by atoms with E-state index in [2.05, 4.69) is 36.0 Å². The quantitative estimate of drug-likeness (QED) is 0.364. The molecule has 2 rings (SSSR count). The second-order valence-corrected chi connectivity index (χ2v) is 6.35. The van der Waals surface area contributed by atoms with E-state index in [4.69, 9.17) is 10.9 Å². The van der Waals surface area contributed by atoms with Gasteiger partial charge in [-0.25, -0.2) is 0 Å². The summed E-state index contributed by atoms with van der Waals surface area (Å²) in [4.78, 5) is 2.54. The first-order valence-electron chi connectivity index (χ1n) is 7.96. The lowest BCUT2D eigenvalue weighted by atomic mass is 10.1. The van der Waals surface area contributed by atoms with Crippen LogP contribution in [0.2, 0.25) is 0 Å². The summed E-state index contributed by atoms with van der Waals surface area (Å²) in [5, 5.41) is 11.8. The van der Waals surface area contributed by atoms with E-state index in [0.717, 1.165) is 12.1 Å². The van der Waals surface area contributed by atoms with Crippen LogP contribution in [-0.2, 0) is 0 Å². The molecule has 1 fully saturated rings. The standard InChI is InChI=1S/C17H27N3O/c1-13(2)11-12-20(15-5-3-4-6-15)16-9-7-14(8-10-16)17(18)19-21/h7-10,13,15,21H,3-6,11-12H2,1-2H3,(H2,18,19). The monoisotopic (exact) mass is 289 g/mol. The largest absolute Gasteiger partial charge is 0.409 e. The van der Waals surface area contributed by atoms with Crippen LogP contribution in [0.25, 0.3) is 0 Å². The summed E-state index contributed by atoms with van der Waals surface area (Å²) < 4.78 is 0. The van der Waals surface area contributed by atoms with E-state index in [1.54, 1.807) is 0 Å². The highest BCUT2D eigenvalue weighted by atomic mass is 16.4. The second-order valence-electron chi connectivity index (χ2n) is 6.35. The fourth-order valence-electron chi connectivity index (χ4n) is 3.02. The van der Waals surface area contributed by atoms with Crippen molar-refractivity contribution in [1.29, 1.82) is 0 Å². The zero-order valence-electron chi connectivity index (χ0n) is 13.1. The molecule has 0 atom stereocenters. The van der Waals surface area contributed by atoms with Crippen LogP contribution < -0.4 is 10.6 Å². The molecule has 0 saturated heterocycles. The van der Waals surface area contributed by atoms with Crippen LogP contribution in [0.1, 0.15) is 51.5 Å². The third-order valence-corrected chi connectivity index (χ3v) is 4.32. The molecule has 0 aromatic heterocycles. The average Bonchev–Trinajstić information content (AvgIpc) is 3.01. The highest BCUT2D eigenvalue weighted by molar-refractivity contribution is 5.97. The maximum atomic E-state index is 8.74. The number of oxime groups is 1. The molecule has 0 radical (unpaired) electrons. The highest BCUT2D eigenvalue weighted by Crippen LogP contribution is 2.29. The zero-order valence-corrected chi connectivity index (χ0v) is 13.1. The van der Waals surface area contributed by atoms with Gasteiger partial charge in [0.2, 0.25) is 0 Å². The molecule has 0 unspecified atom stereocenters. The van der Waals surface area contributed by atoms with Crippen molar-refractivity contribution in [3.05, 3.63) is 29.8 Å².